The number of benzene rings is 2. The Morgan fingerprint density at radius 1 is 1.05 bits per heavy atom. The third kappa shape index (κ3) is 2.47. The zero-order valence-corrected chi connectivity index (χ0v) is 12.2. The quantitative estimate of drug-likeness (QED) is 0.731. The van der Waals surface area contributed by atoms with Gasteiger partial charge in [-0.2, -0.15) is 0 Å². The number of aliphatic hydroxyl groups excluding tert-OH is 1. The van der Waals surface area contributed by atoms with Gasteiger partial charge in [-0.15, -0.1) is 11.8 Å². The van der Waals surface area contributed by atoms with Gasteiger partial charge in [0.2, 0.25) is 0 Å². The lowest BCUT2D eigenvalue weighted by molar-refractivity contribution is 0.322. The molecule has 0 aliphatic rings. The van der Waals surface area contributed by atoms with Gasteiger partial charge in [0.15, 0.2) is 0 Å². The molecule has 2 nitrogen and oxygen atoms in total. The van der Waals surface area contributed by atoms with Crippen molar-refractivity contribution in [3.63, 3.8) is 0 Å². The summed E-state index contributed by atoms with van der Waals surface area (Å²) in [6.45, 7) is 2.29. The van der Waals surface area contributed by atoms with Crippen LogP contribution in [0.2, 0.25) is 0 Å². The second-order valence-electron chi connectivity index (χ2n) is 4.80. The molecule has 0 unspecified atom stereocenters. The van der Waals surface area contributed by atoms with Crippen LogP contribution in [0, 0.1) is 6.92 Å². The number of thioether (sulfide) groups is 1. The van der Waals surface area contributed by atoms with Gasteiger partial charge in [-0.05, 0) is 19.1 Å². The maximum atomic E-state index is 9.10. The van der Waals surface area contributed by atoms with E-state index in [2.05, 4.69) is 66.2 Å². The van der Waals surface area contributed by atoms with Crippen molar-refractivity contribution < 1.29 is 5.11 Å². The summed E-state index contributed by atoms with van der Waals surface area (Å²) in [5, 5.41) is 12.8. The van der Waals surface area contributed by atoms with Gasteiger partial charge in [0.1, 0.15) is 0 Å². The third-order valence-corrected chi connectivity index (χ3v) is 4.40. The van der Waals surface area contributed by atoms with E-state index in [1.165, 1.54) is 21.4 Å². The molecule has 0 spiro atoms. The van der Waals surface area contributed by atoms with Gasteiger partial charge in [0.05, 0.1) is 11.6 Å². The van der Waals surface area contributed by atoms with Crippen LogP contribution in [0.25, 0.3) is 16.5 Å². The summed E-state index contributed by atoms with van der Waals surface area (Å²) in [6.07, 6.45) is 2.17. The third-order valence-electron chi connectivity index (χ3n) is 3.32. The van der Waals surface area contributed by atoms with E-state index in [-0.39, 0.29) is 6.61 Å². The summed E-state index contributed by atoms with van der Waals surface area (Å²) in [5.74, 6) is 0.708. The summed E-state index contributed by atoms with van der Waals surface area (Å²) in [6, 6.07) is 16.9. The van der Waals surface area contributed by atoms with E-state index in [4.69, 9.17) is 5.11 Å². The van der Waals surface area contributed by atoms with Crippen LogP contribution in [0.15, 0.2) is 59.8 Å². The molecule has 0 radical (unpaired) electrons. The Hall–Kier alpha value is -1.71. The molecular weight excluding hydrogens is 266 g/mol. The SMILES string of the molecule is Cc1ccc(-n2cc3ccccc3c2SCCO)cc1. The number of aryl methyl sites for hydroxylation is 1. The van der Waals surface area contributed by atoms with Gasteiger partial charge < -0.3 is 9.67 Å². The van der Waals surface area contributed by atoms with Crippen molar-refractivity contribution >= 4 is 22.5 Å². The number of aliphatic hydroxyl groups is 1. The van der Waals surface area contributed by atoms with Crippen molar-refractivity contribution in [2.45, 2.75) is 11.9 Å². The smallest absolute Gasteiger partial charge is 0.0874 e. The predicted molar refractivity (Wildman–Crippen MR) is 85.8 cm³/mol. The van der Waals surface area contributed by atoms with Crippen molar-refractivity contribution in [1.29, 1.82) is 0 Å². The molecule has 0 saturated heterocycles. The average Bonchev–Trinajstić information content (AvgIpc) is 2.84. The fraction of sp³-hybridized carbons (Fsp3) is 0.176. The van der Waals surface area contributed by atoms with Crippen LogP contribution in [0.5, 0.6) is 0 Å². The molecule has 3 aromatic rings. The molecule has 102 valence electrons. The van der Waals surface area contributed by atoms with Gasteiger partial charge in [-0.1, -0.05) is 42.0 Å². The number of nitrogens with zero attached hydrogens (tertiary/aromatic N) is 1. The molecule has 20 heavy (non-hydrogen) atoms. The van der Waals surface area contributed by atoms with Crippen LogP contribution in [-0.4, -0.2) is 22.0 Å². The summed E-state index contributed by atoms with van der Waals surface area (Å²) in [7, 11) is 0. The largest absolute Gasteiger partial charge is 0.396 e. The zero-order valence-electron chi connectivity index (χ0n) is 11.4. The minimum atomic E-state index is 0.193. The minimum Gasteiger partial charge on any atom is -0.396 e. The average molecular weight is 283 g/mol. The van der Waals surface area contributed by atoms with Crippen molar-refractivity contribution in [1.82, 2.24) is 4.57 Å². The highest BCUT2D eigenvalue weighted by molar-refractivity contribution is 7.99. The van der Waals surface area contributed by atoms with E-state index >= 15 is 0 Å². The molecule has 0 atom stereocenters. The minimum absolute atomic E-state index is 0.193. The van der Waals surface area contributed by atoms with E-state index in [9.17, 15) is 0 Å². The first-order chi connectivity index (χ1) is 9.79. The van der Waals surface area contributed by atoms with Crippen LogP contribution in [0.4, 0.5) is 0 Å². The molecule has 3 heteroatoms. The van der Waals surface area contributed by atoms with Crippen LogP contribution in [-0.2, 0) is 0 Å². The second-order valence-corrected chi connectivity index (χ2v) is 5.88. The molecule has 0 saturated carbocycles. The summed E-state index contributed by atoms with van der Waals surface area (Å²) < 4.78 is 2.21. The molecule has 0 bridgehead atoms. The van der Waals surface area contributed by atoms with Crippen LogP contribution in [0.1, 0.15) is 5.56 Å². The molecule has 0 aliphatic carbocycles. The highest BCUT2D eigenvalue weighted by Crippen LogP contribution is 2.32. The Morgan fingerprint density at radius 2 is 1.80 bits per heavy atom. The Morgan fingerprint density at radius 3 is 2.55 bits per heavy atom. The topological polar surface area (TPSA) is 25.2 Å². The van der Waals surface area contributed by atoms with Crippen LogP contribution < -0.4 is 0 Å². The molecule has 3 rings (SSSR count). The first kappa shape index (κ1) is 13.3. The Balaban J connectivity index is 2.15. The first-order valence-corrected chi connectivity index (χ1v) is 7.69. The Kier molecular flexibility index (Phi) is 3.81. The normalized spacial score (nSPS) is 11.1. The van der Waals surface area contributed by atoms with E-state index in [1.807, 2.05) is 0 Å². The lowest BCUT2D eigenvalue weighted by atomic mass is 10.2. The lowest BCUT2D eigenvalue weighted by Crippen LogP contribution is -1.96. The zero-order chi connectivity index (χ0) is 13.9. The fourth-order valence-corrected chi connectivity index (χ4v) is 3.24. The first-order valence-electron chi connectivity index (χ1n) is 6.70. The second kappa shape index (κ2) is 5.73. The fourth-order valence-electron chi connectivity index (χ4n) is 2.32. The number of hydrogen-bond donors (Lipinski definition) is 1. The van der Waals surface area contributed by atoms with E-state index in [0.717, 1.165) is 5.69 Å². The molecule has 0 fully saturated rings. The Labute approximate surface area is 123 Å². The Bertz CT molecular complexity index is 715. The number of fused-ring (bicyclic) bond motifs is 1. The van der Waals surface area contributed by atoms with Crippen molar-refractivity contribution in [2.24, 2.45) is 0 Å². The number of aromatic nitrogens is 1. The van der Waals surface area contributed by atoms with E-state index in [1.54, 1.807) is 11.8 Å². The van der Waals surface area contributed by atoms with Gasteiger partial charge in [0.25, 0.3) is 0 Å². The maximum Gasteiger partial charge on any atom is 0.0874 e. The number of hydrogen-bond acceptors (Lipinski definition) is 2. The highest BCUT2D eigenvalue weighted by Gasteiger charge is 2.10. The molecule has 0 amide bonds. The molecule has 2 aromatic carbocycles. The van der Waals surface area contributed by atoms with Gasteiger partial charge in [-0.25, -0.2) is 0 Å². The summed E-state index contributed by atoms with van der Waals surface area (Å²) >= 11 is 1.70. The highest BCUT2D eigenvalue weighted by atomic mass is 32.2. The number of rotatable bonds is 4. The molecule has 1 aromatic heterocycles. The van der Waals surface area contributed by atoms with E-state index in [0.29, 0.717) is 5.75 Å². The lowest BCUT2D eigenvalue weighted by Gasteiger charge is -2.09. The predicted octanol–water partition coefficient (Wildman–Crippen LogP) is 4.02. The van der Waals surface area contributed by atoms with Crippen LogP contribution >= 0.6 is 11.8 Å². The van der Waals surface area contributed by atoms with Gasteiger partial charge >= 0.3 is 0 Å². The standard InChI is InChI=1S/C17H17NOS/c1-13-6-8-15(9-7-13)18-12-14-4-2-3-5-16(14)17(18)20-11-10-19/h2-9,12,19H,10-11H2,1H3. The van der Waals surface area contributed by atoms with Gasteiger partial charge in [0, 0.05) is 28.4 Å². The van der Waals surface area contributed by atoms with Crippen LogP contribution in [0.3, 0.4) is 0 Å². The van der Waals surface area contributed by atoms with E-state index < -0.39 is 0 Å². The summed E-state index contributed by atoms with van der Waals surface area (Å²) in [4.78, 5) is 0. The molecule has 1 heterocycles. The molecule has 1 N–H and O–H groups in total. The van der Waals surface area contributed by atoms with Crippen molar-refractivity contribution in [2.75, 3.05) is 12.4 Å². The summed E-state index contributed by atoms with van der Waals surface area (Å²) in [5.41, 5.74) is 2.42. The maximum absolute atomic E-state index is 9.10. The monoisotopic (exact) mass is 283 g/mol. The van der Waals surface area contributed by atoms with Crippen molar-refractivity contribution in [3.05, 3.63) is 60.3 Å². The van der Waals surface area contributed by atoms with Crippen molar-refractivity contribution in [3.8, 4) is 5.69 Å². The molecular formula is C17H17NOS. The molecule has 0 aliphatic heterocycles. The van der Waals surface area contributed by atoms with Gasteiger partial charge in [-0.3, -0.25) is 0 Å².